The van der Waals surface area contributed by atoms with Crippen molar-refractivity contribution in [1.29, 1.82) is 0 Å². The van der Waals surface area contributed by atoms with Crippen LogP contribution in [0.25, 0.3) is 10.2 Å². The summed E-state index contributed by atoms with van der Waals surface area (Å²) in [7, 11) is 0. The second-order valence-electron chi connectivity index (χ2n) is 7.25. The lowest BCUT2D eigenvalue weighted by Gasteiger charge is -2.19. The molecule has 3 aromatic rings. The Bertz CT molecular complexity index is 923. The predicted octanol–water partition coefficient (Wildman–Crippen LogP) is 3.19. The molecule has 1 aliphatic carbocycles. The first-order valence-corrected chi connectivity index (χ1v) is 10.2. The highest BCUT2D eigenvalue weighted by Gasteiger charge is 2.22. The molecule has 0 amide bonds. The summed E-state index contributed by atoms with van der Waals surface area (Å²) in [5, 5.41) is 13.8. The smallest absolute Gasteiger partial charge is 0.210 e. The van der Waals surface area contributed by atoms with Gasteiger partial charge in [0.1, 0.15) is 16.5 Å². The van der Waals surface area contributed by atoms with E-state index < -0.39 is 0 Å². The van der Waals surface area contributed by atoms with Crippen LogP contribution in [0.3, 0.4) is 0 Å². The lowest BCUT2D eigenvalue weighted by Crippen LogP contribution is -2.24. The first-order valence-electron chi connectivity index (χ1n) is 8.42. The fraction of sp³-hybridized carbons (Fsp3) is 0.562. The van der Waals surface area contributed by atoms with Crippen LogP contribution in [0.1, 0.15) is 49.9 Å². The number of aryl methyl sites for hydroxylation is 2. The van der Waals surface area contributed by atoms with E-state index in [9.17, 15) is 0 Å². The van der Waals surface area contributed by atoms with Gasteiger partial charge in [0.2, 0.25) is 5.16 Å². The van der Waals surface area contributed by atoms with Gasteiger partial charge in [-0.15, -0.1) is 16.4 Å². The Morgan fingerprint density at radius 3 is 2.80 bits per heavy atom. The average Bonchev–Trinajstić information content (AvgIpc) is 3.16. The summed E-state index contributed by atoms with van der Waals surface area (Å²) in [5.41, 5.74) is 7.48. The van der Waals surface area contributed by atoms with Crippen LogP contribution < -0.4 is 5.73 Å². The Hall–Kier alpha value is -1.74. The molecular formula is C16H21N7S2. The zero-order valence-electron chi connectivity index (χ0n) is 14.6. The van der Waals surface area contributed by atoms with Gasteiger partial charge >= 0.3 is 0 Å². The number of nitrogens with zero attached hydrogens (tertiary/aromatic N) is 6. The monoisotopic (exact) mass is 375 g/mol. The summed E-state index contributed by atoms with van der Waals surface area (Å²) in [4.78, 5) is 11.8. The first kappa shape index (κ1) is 16.7. The maximum Gasteiger partial charge on any atom is 0.210 e. The largest absolute Gasteiger partial charge is 0.383 e. The normalized spacial score (nSPS) is 14.8. The highest BCUT2D eigenvalue weighted by atomic mass is 32.2. The molecule has 9 heteroatoms. The van der Waals surface area contributed by atoms with Gasteiger partial charge in [0, 0.05) is 4.88 Å². The molecule has 4 rings (SSSR count). The maximum atomic E-state index is 6.27. The van der Waals surface area contributed by atoms with Crippen molar-refractivity contribution in [3.05, 3.63) is 16.3 Å². The molecule has 1 aliphatic rings. The molecule has 0 bridgehead atoms. The fourth-order valence-electron chi connectivity index (χ4n) is 3.12. The molecule has 7 nitrogen and oxygen atoms in total. The standard InChI is InChI=1S/C16H21N7S2/c1-16(2,3)23-15(20-21-22-23)24-8-11-18-13(17)12-9-6-4-5-7-10(9)25-14(12)19-11/h4-8H2,1-3H3,(H2,17,18,19). The topological polar surface area (TPSA) is 95.4 Å². The predicted molar refractivity (Wildman–Crippen MR) is 101 cm³/mol. The van der Waals surface area contributed by atoms with E-state index in [0.717, 1.165) is 34.0 Å². The van der Waals surface area contributed by atoms with Gasteiger partial charge in [-0.05, 0) is 62.4 Å². The van der Waals surface area contributed by atoms with Crippen molar-refractivity contribution in [2.45, 2.75) is 62.9 Å². The van der Waals surface area contributed by atoms with E-state index in [1.54, 1.807) is 11.3 Å². The van der Waals surface area contributed by atoms with Crippen LogP contribution in [0.4, 0.5) is 5.82 Å². The fourth-order valence-corrected chi connectivity index (χ4v) is 5.32. The van der Waals surface area contributed by atoms with Gasteiger partial charge in [-0.1, -0.05) is 11.8 Å². The summed E-state index contributed by atoms with van der Waals surface area (Å²) in [5.74, 6) is 1.94. The van der Waals surface area contributed by atoms with Gasteiger partial charge in [-0.25, -0.2) is 14.6 Å². The van der Waals surface area contributed by atoms with E-state index in [2.05, 4.69) is 41.3 Å². The van der Waals surface area contributed by atoms with Crippen molar-refractivity contribution < 1.29 is 0 Å². The summed E-state index contributed by atoms with van der Waals surface area (Å²) in [6, 6.07) is 0. The van der Waals surface area contributed by atoms with Crippen molar-refractivity contribution >= 4 is 39.1 Å². The van der Waals surface area contributed by atoms with E-state index in [-0.39, 0.29) is 5.54 Å². The zero-order chi connectivity index (χ0) is 17.6. The summed E-state index contributed by atoms with van der Waals surface area (Å²) < 4.78 is 1.82. The van der Waals surface area contributed by atoms with Gasteiger partial charge in [0.15, 0.2) is 0 Å². The number of thiophene rings is 1. The molecule has 3 heterocycles. The number of tetrazole rings is 1. The third-order valence-corrected chi connectivity index (χ3v) is 6.40. The van der Waals surface area contributed by atoms with Gasteiger partial charge in [-0.2, -0.15) is 0 Å². The van der Waals surface area contributed by atoms with Crippen LogP contribution in [0.15, 0.2) is 5.16 Å². The number of rotatable bonds is 3. The van der Waals surface area contributed by atoms with Gasteiger partial charge in [0.25, 0.3) is 0 Å². The molecule has 0 saturated heterocycles. The Labute approximate surface area is 154 Å². The van der Waals surface area contributed by atoms with E-state index in [4.69, 9.17) is 10.7 Å². The van der Waals surface area contributed by atoms with Crippen molar-refractivity contribution in [3.8, 4) is 0 Å². The molecule has 2 N–H and O–H groups in total. The van der Waals surface area contributed by atoms with Gasteiger partial charge in [0.05, 0.1) is 16.7 Å². The highest BCUT2D eigenvalue weighted by molar-refractivity contribution is 7.98. The van der Waals surface area contributed by atoms with Crippen LogP contribution in [-0.4, -0.2) is 30.2 Å². The van der Waals surface area contributed by atoms with Crippen molar-refractivity contribution in [2.24, 2.45) is 0 Å². The van der Waals surface area contributed by atoms with E-state index in [1.165, 1.54) is 35.0 Å². The zero-order valence-corrected chi connectivity index (χ0v) is 16.2. The van der Waals surface area contributed by atoms with Crippen LogP contribution in [0, 0.1) is 0 Å². The van der Waals surface area contributed by atoms with E-state index >= 15 is 0 Å². The minimum Gasteiger partial charge on any atom is -0.383 e. The molecule has 0 radical (unpaired) electrons. The van der Waals surface area contributed by atoms with Crippen LogP contribution in [-0.2, 0) is 24.1 Å². The minimum atomic E-state index is -0.164. The quantitative estimate of drug-likeness (QED) is 0.702. The number of anilines is 1. The molecule has 0 spiro atoms. The van der Waals surface area contributed by atoms with Crippen molar-refractivity contribution in [1.82, 2.24) is 30.2 Å². The maximum absolute atomic E-state index is 6.27. The summed E-state index contributed by atoms with van der Waals surface area (Å²) in [6.45, 7) is 6.22. The van der Waals surface area contributed by atoms with Crippen LogP contribution >= 0.6 is 23.1 Å². The number of hydrogen-bond donors (Lipinski definition) is 1. The minimum absolute atomic E-state index is 0.164. The molecule has 25 heavy (non-hydrogen) atoms. The van der Waals surface area contributed by atoms with Crippen molar-refractivity contribution in [3.63, 3.8) is 0 Å². The van der Waals surface area contributed by atoms with Gasteiger partial charge in [-0.3, -0.25) is 0 Å². The lowest BCUT2D eigenvalue weighted by atomic mass is 9.97. The first-order chi connectivity index (χ1) is 11.9. The van der Waals surface area contributed by atoms with E-state index in [1.807, 2.05) is 4.68 Å². The summed E-state index contributed by atoms with van der Waals surface area (Å²) >= 11 is 3.31. The number of nitrogen functional groups attached to an aromatic ring is 1. The van der Waals surface area contributed by atoms with Crippen molar-refractivity contribution in [2.75, 3.05) is 5.73 Å². The molecule has 0 saturated carbocycles. The SMILES string of the molecule is CC(C)(C)n1nnnc1SCc1nc(N)c2c3c(sc2n1)CCCC3. The Balaban J connectivity index is 1.62. The van der Waals surface area contributed by atoms with E-state index in [0.29, 0.717) is 11.6 Å². The number of aromatic nitrogens is 6. The number of thioether (sulfide) groups is 1. The second kappa shape index (κ2) is 6.21. The molecule has 3 aromatic heterocycles. The highest BCUT2D eigenvalue weighted by Crippen LogP contribution is 2.38. The summed E-state index contributed by atoms with van der Waals surface area (Å²) in [6.07, 6.45) is 4.72. The Kier molecular flexibility index (Phi) is 4.15. The third kappa shape index (κ3) is 3.10. The third-order valence-electron chi connectivity index (χ3n) is 4.30. The lowest BCUT2D eigenvalue weighted by molar-refractivity contribution is 0.321. The second-order valence-corrected chi connectivity index (χ2v) is 9.28. The van der Waals surface area contributed by atoms with Gasteiger partial charge < -0.3 is 5.73 Å². The molecule has 0 aliphatic heterocycles. The Morgan fingerprint density at radius 1 is 1.20 bits per heavy atom. The number of hydrogen-bond acceptors (Lipinski definition) is 8. The molecule has 0 unspecified atom stereocenters. The molecule has 0 atom stereocenters. The number of fused-ring (bicyclic) bond motifs is 3. The van der Waals surface area contributed by atoms with Crippen LogP contribution in [0.5, 0.6) is 0 Å². The number of nitrogens with two attached hydrogens (primary N) is 1. The molecule has 0 fully saturated rings. The Morgan fingerprint density at radius 2 is 2.00 bits per heavy atom. The van der Waals surface area contributed by atoms with Crippen LogP contribution in [0.2, 0.25) is 0 Å². The molecule has 132 valence electrons. The molecular weight excluding hydrogens is 354 g/mol. The average molecular weight is 376 g/mol. The molecule has 0 aromatic carbocycles.